The summed E-state index contributed by atoms with van der Waals surface area (Å²) in [5.41, 5.74) is 2.27. The minimum atomic E-state index is 0.140. The fourth-order valence-corrected chi connectivity index (χ4v) is 3.20. The van der Waals surface area contributed by atoms with Crippen molar-refractivity contribution in [2.45, 2.75) is 32.0 Å². The molecule has 2 aromatic heterocycles. The molecular formula is C18H19N5O. The second-order valence-corrected chi connectivity index (χ2v) is 6.07. The molecule has 3 heterocycles. The van der Waals surface area contributed by atoms with E-state index in [1.807, 2.05) is 41.5 Å². The van der Waals surface area contributed by atoms with Crippen molar-refractivity contribution in [1.29, 1.82) is 0 Å². The molecule has 0 radical (unpaired) electrons. The maximum absolute atomic E-state index is 11.4. The molecule has 3 aromatic rings. The standard InChI is InChI=1S/C18H19N5O/c24-17-7-6-15(21-17)13-22-11-9-19-18(22)16-5-2-1-4-14(16)12-23-10-3-8-20-23/h1-5,8-11,15H,6-7,12-13H2,(H,21,24). The van der Waals surface area contributed by atoms with Crippen LogP contribution in [0.1, 0.15) is 18.4 Å². The SMILES string of the molecule is O=C1CCC(Cn2ccnc2-c2ccccc2Cn2cccn2)N1. The second-order valence-electron chi connectivity index (χ2n) is 6.07. The molecule has 1 fully saturated rings. The fraction of sp³-hybridized carbons (Fsp3) is 0.278. The van der Waals surface area contributed by atoms with Crippen LogP contribution in [0.2, 0.25) is 0 Å². The average Bonchev–Trinajstić information content (AvgIpc) is 3.32. The summed E-state index contributed by atoms with van der Waals surface area (Å²) < 4.78 is 4.03. The Morgan fingerprint density at radius 3 is 2.88 bits per heavy atom. The average molecular weight is 321 g/mol. The van der Waals surface area contributed by atoms with Gasteiger partial charge in [-0.1, -0.05) is 24.3 Å². The third-order valence-electron chi connectivity index (χ3n) is 4.37. The van der Waals surface area contributed by atoms with E-state index in [1.54, 1.807) is 6.20 Å². The molecule has 24 heavy (non-hydrogen) atoms. The van der Waals surface area contributed by atoms with Crippen molar-refractivity contribution in [3.8, 4) is 11.4 Å². The van der Waals surface area contributed by atoms with Crippen LogP contribution in [0.4, 0.5) is 0 Å². The normalized spacial score (nSPS) is 17.2. The van der Waals surface area contributed by atoms with Gasteiger partial charge in [0.2, 0.25) is 5.91 Å². The summed E-state index contributed by atoms with van der Waals surface area (Å²) in [6.07, 6.45) is 9.03. The van der Waals surface area contributed by atoms with Gasteiger partial charge in [-0.3, -0.25) is 9.48 Å². The van der Waals surface area contributed by atoms with Crippen LogP contribution < -0.4 is 5.32 Å². The second kappa shape index (κ2) is 6.31. The Hall–Kier alpha value is -2.89. The van der Waals surface area contributed by atoms with Gasteiger partial charge in [-0.25, -0.2) is 4.98 Å². The van der Waals surface area contributed by atoms with Crippen molar-refractivity contribution in [3.05, 3.63) is 60.7 Å². The number of carbonyl (C=O) groups is 1. The monoisotopic (exact) mass is 321 g/mol. The first-order chi connectivity index (χ1) is 11.8. The molecule has 0 saturated carbocycles. The van der Waals surface area contributed by atoms with E-state index in [9.17, 15) is 4.79 Å². The smallest absolute Gasteiger partial charge is 0.220 e. The molecule has 1 aliphatic rings. The number of nitrogens with one attached hydrogen (secondary N) is 1. The Morgan fingerprint density at radius 2 is 2.08 bits per heavy atom. The number of imidazole rings is 1. The van der Waals surface area contributed by atoms with Crippen LogP contribution in [-0.4, -0.2) is 31.3 Å². The highest BCUT2D eigenvalue weighted by Crippen LogP contribution is 2.24. The molecule has 4 rings (SSSR count). The van der Waals surface area contributed by atoms with Crippen LogP contribution in [0.25, 0.3) is 11.4 Å². The molecule has 6 nitrogen and oxygen atoms in total. The van der Waals surface area contributed by atoms with Gasteiger partial charge in [-0.05, 0) is 18.1 Å². The lowest BCUT2D eigenvalue weighted by Crippen LogP contribution is -2.29. The Morgan fingerprint density at radius 1 is 1.17 bits per heavy atom. The molecule has 0 bridgehead atoms. The van der Waals surface area contributed by atoms with Gasteiger partial charge in [-0.2, -0.15) is 5.10 Å². The lowest BCUT2D eigenvalue weighted by atomic mass is 10.1. The minimum absolute atomic E-state index is 0.140. The molecule has 6 heteroatoms. The van der Waals surface area contributed by atoms with Gasteiger partial charge in [0.15, 0.2) is 0 Å². The summed E-state index contributed by atoms with van der Waals surface area (Å²) in [6.45, 7) is 1.45. The van der Waals surface area contributed by atoms with E-state index in [0.29, 0.717) is 13.0 Å². The summed E-state index contributed by atoms with van der Waals surface area (Å²) in [4.78, 5) is 16.0. The Labute approximate surface area is 140 Å². The zero-order valence-electron chi connectivity index (χ0n) is 13.3. The predicted molar refractivity (Wildman–Crippen MR) is 90.2 cm³/mol. The van der Waals surface area contributed by atoms with Crippen molar-refractivity contribution in [2.75, 3.05) is 0 Å². The van der Waals surface area contributed by atoms with Crippen LogP contribution in [0.3, 0.4) is 0 Å². The summed E-state index contributed by atoms with van der Waals surface area (Å²) in [7, 11) is 0. The molecule has 0 aliphatic carbocycles. The van der Waals surface area contributed by atoms with Crippen LogP contribution in [0.15, 0.2) is 55.1 Å². The van der Waals surface area contributed by atoms with Gasteiger partial charge in [0.1, 0.15) is 5.82 Å². The van der Waals surface area contributed by atoms with E-state index < -0.39 is 0 Å². The number of benzene rings is 1. The molecule has 1 aromatic carbocycles. The first kappa shape index (κ1) is 14.7. The summed E-state index contributed by atoms with van der Waals surface area (Å²) in [5, 5.41) is 7.31. The van der Waals surface area contributed by atoms with E-state index in [2.05, 4.69) is 32.1 Å². The van der Waals surface area contributed by atoms with E-state index in [1.165, 1.54) is 5.56 Å². The summed E-state index contributed by atoms with van der Waals surface area (Å²) in [5.74, 6) is 1.07. The first-order valence-electron chi connectivity index (χ1n) is 8.16. The Balaban J connectivity index is 1.62. The molecule has 1 N–H and O–H groups in total. The van der Waals surface area contributed by atoms with Gasteiger partial charge < -0.3 is 9.88 Å². The lowest BCUT2D eigenvalue weighted by Gasteiger charge is -2.15. The molecule has 1 saturated heterocycles. The van der Waals surface area contributed by atoms with Gasteiger partial charge in [0.05, 0.1) is 6.54 Å². The van der Waals surface area contributed by atoms with Crippen molar-refractivity contribution in [1.82, 2.24) is 24.6 Å². The van der Waals surface area contributed by atoms with Crippen LogP contribution in [0, 0.1) is 0 Å². The van der Waals surface area contributed by atoms with Crippen LogP contribution in [-0.2, 0) is 17.9 Å². The maximum Gasteiger partial charge on any atom is 0.220 e. The van der Waals surface area contributed by atoms with E-state index in [4.69, 9.17) is 0 Å². The maximum atomic E-state index is 11.4. The topological polar surface area (TPSA) is 64.7 Å². The third-order valence-corrected chi connectivity index (χ3v) is 4.37. The number of carbonyl (C=O) groups excluding carboxylic acids is 1. The quantitative estimate of drug-likeness (QED) is 0.782. The molecule has 122 valence electrons. The Kier molecular flexibility index (Phi) is 3.86. The van der Waals surface area contributed by atoms with Crippen LogP contribution >= 0.6 is 0 Å². The zero-order chi connectivity index (χ0) is 16.4. The predicted octanol–water partition coefficient (Wildman–Crippen LogP) is 2.07. The number of aromatic nitrogens is 4. The number of rotatable bonds is 5. The van der Waals surface area contributed by atoms with E-state index >= 15 is 0 Å². The van der Waals surface area contributed by atoms with Gasteiger partial charge >= 0.3 is 0 Å². The Bertz CT molecular complexity index is 837. The molecule has 1 aliphatic heterocycles. The largest absolute Gasteiger partial charge is 0.352 e. The van der Waals surface area contributed by atoms with E-state index in [0.717, 1.165) is 24.4 Å². The van der Waals surface area contributed by atoms with E-state index in [-0.39, 0.29) is 11.9 Å². The van der Waals surface area contributed by atoms with Gasteiger partial charge in [0.25, 0.3) is 0 Å². The number of hydrogen-bond donors (Lipinski definition) is 1. The summed E-state index contributed by atoms with van der Waals surface area (Å²) in [6, 6.07) is 10.4. The van der Waals surface area contributed by atoms with Crippen molar-refractivity contribution < 1.29 is 4.79 Å². The number of nitrogens with zero attached hydrogens (tertiary/aromatic N) is 4. The van der Waals surface area contributed by atoms with Gasteiger partial charge in [-0.15, -0.1) is 0 Å². The molecule has 1 atom stereocenters. The highest BCUT2D eigenvalue weighted by molar-refractivity contribution is 5.78. The van der Waals surface area contributed by atoms with Crippen molar-refractivity contribution in [3.63, 3.8) is 0 Å². The number of hydrogen-bond acceptors (Lipinski definition) is 3. The molecule has 1 amide bonds. The highest BCUT2D eigenvalue weighted by atomic mass is 16.1. The third kappa shape index (κ3) is 2.95. The first-order valence-corrected chi connectivity index (χ1v) is 8.16. The van der Waals surface area contributed by atoms with Crippen molar-refractivity contribution in [2.24, 2.45) is 0 Å². The highest BCUT2D eigenvalue weighted by Gasteiger charge is 2.22. The van der Waals surface area contributed by atoms with Gasteiger partial charge in [0, 0.05) is 49.4 Å². The molecular weight excluding hydrogens is 302 g/mol. The lowest BCUT2D eigenvalue weighted by molar-refractivity contribution is -0.119. The van der Waals surface area contributed by atoms with Crippen LogP contribution in [0.5, 0.6) is 0 Å². The van der Waals surface area contributed by atoms with Crippen molar-refractivity contribution >= 4 is 5.91 Å². The zero-order valence-corrected chi connectivity index (χ0v) is 13.3. The minimum Gasteiger partial charge on any atom is -0.352 e. The fourth-order valence-electron chi connectivity index (χ4n) is 3.20. The molecule has 0 spiro atoms. The summed E-state index contributed by atoms with van der Waals surface area (Å²) >= 11 is 0. The number of amides is 1. The molecule has 1 unspecified atom stereocenters.